The van der Waals surface area contributed by atoms with Crippen molar-refractivity contribution in [3.05, 3.63) is 35.5 Å². The van der Waals surface area contributed by atoms with Crippen LogP contribution in [-0.2, 0) is 14.2 Å². The fraction of sp³-hybridized carbons (Fsp3) is 0.524. The third kappa shape index (κ3) is 7.52. The van der Waals surface area contributed by atoms with E-state index in [-0.39, 0.29) is 35.4 Å². The van der Waals surface area contributed by atoms with Crippen molar-refractivity contribution in [1.29, 1.82) is 0 Å². The Kier molecular flexibility index (Phi) is 8.18. The van der Waals surface area contributed by atoms with Crippen molar-refractivity contribution in [3.8, 4) is 11.6 Å². The lowest BCUT2D eigenvalue weighted by atomic mass is 9.83. The van der Waals surface area contributed by atoms with Gasteiger partial charge in [-0.2, -0.15) is 0 Å². The molecule has 0 saturated heterocycles. The van der Waals surface area contributed by atoms with E-state index in [1.54, 1.807) is 26.0 Å². The molecule has 1 heterocycles. The Morgan fingerprint density at radius 1 is 1.09 bits per heavy atom. The predicted octanol–water partition coefficient (Wildman–Crippen LogP) is 4.48. The molecule has 3 rings (SSSR count). The molecular formula is C21H24F3N3O7. The van der Waals surface area contributed by atoms with Crippen molar-refractivity contribution < 1.29 is 46.4 Å². The van der Waals surface area contributed by atoms with Crippen molar-refractivity contribution >= 4 is 12.1 Å². The normalized spacial score (nSPS) is 18.3. The van der Waals surface area contributed by atoms with Crippen LogP contribution in [0.25, 0.3) is 0 Å². The summed E-state index contributed by atoms with van der Waals surface area (Å²) in [6.07, 6.45) is -3.58. The third-order valence-corrected chi connectivity index (χ3v) is 4.96. The first-order chi connectivity index (χ1) is 16.1. The topological polar surface area (TPSA) is 122 Å². The largest absolute Gasteiger partial charge is 0.573 e. The molecule has 0 atom stereocenters. The van der Waals surface area contributed by atoms with Crippen LogP contribution in [0.2, 0.25) is 0 Å². The Morgan fingerprint density at radius 2 is 1.76 bits per heavy atom. The second-order valence-corrected chi connectivity index (χ2v) is 7.81. The number of aromatic nitrogens is 3. The number of aromatic amines is 1. The molecule has 1 aromatic carbocycles. The van der Waals surface area contributed by atoms with Crippen LogP contribution < -0.4 is 9.47 Å². The molecule has 1 saturated carbocycles. The molecule has 0 amide bonds. The molecule has 186 valence electrons. The Hall–Kier alpha value is -3.51. The van der Waals surface area contributed by atoms with Crippen molar-refractivity contribution in [2.75, 3.05) is 6.79 Å². The van der Waals surface area contributed by atoms with Gasteiger partial charge in [-0.3, -0.25) is 0 Å². The van der Waals surface area contributed by atoms with Crippen LogP contribution in [0, 0.1) is 0 Å². The summed E-state index contributed by atoms with van der Waals surface area (Å²) in [6, 6.07) is 5.84. The number of carbonyl (C=O) groups is 2. The zero-order valence-corrected chi connectivity index (χ0v) is 18.5. The monoisotopic (exact) mass is 487 g/mol. The van der Waals surface area contributed by atoms with Crippen molar-refractivity contribution in [2.24, 2.45) is 0 Å². The number of nitrogens with one attached hydrogen (secondary N) is 1. The highest BCUT2D eigenvalue weighted by atomic mass is 19.4. The van der Waals surface area contributed by atoms with Crippen molar-refractivity contribution in [3.63, 3.8) is 0 Å². The molecule has 1 fully saturated rings. The molecule has 0 bridgehead atoms. The molecule has 0 radical (unpaired) electrons. The van der Waals surface area contributed by atoms with Crippen LogP contribution in [-0.4, -0.2) is 52.9 Å². The zero-order valence-electron chi connectivity index (χ0n) is 18.5. The minimum atomic E-state index is -4.73. The first-order valence-electron chi connectivity index (χ1n) is 10.5. The average Bonchev–Trinajstić information content (AvgIpc) is 3.21. The molecule has 1 N–H and O–H groups in total. The summed E-state index contributed by atoms with van der Waals surface area (Å²) < 4.78 is 60.9. The van der Waals surface area contributed by atoms with Crippen LogP contribution in [0.3, 0.4) is 0 Å². The lowest BCUT2D eigenvalue weighted by Crippen LogP contribution is -2.24. The standard InChI is InChI=1S/C21H24F3N3O7/c1-12(2)32-20(29)31-11-30-19(28)17-18(26-27-25-17)33-15-7-3-13(4-8-15)14-5-9-16(10-6-14)34-21(22,23)24/h5-6,9-10,12-13,15H,3-4,7-8,11H2,1-2H3,(H,25,26,27)/t13-,15-. The van der Waals surface area contributed by atoms with Crippen LogP contribution in [0.4, 0.5) is 18.0 Å². The van der Waals surface area contributed by atoms with Crippen LogP contribution in [0.15, 0.2) is 24.3 Å². The van der Waals surface area contributed by atoms with E-state index in [2.05, 4.69) is 24.9 Å². The summed E-state index contributed by atoms with van der Waals surface area (Å²) in [4.78, 5) is 23.5. The first-order valence-corrected chi connectivity index (χ1v) is 10.5. The van der Waals surface area contributed by atoms with E-state index in [1.807, 2.05) is 0 Å². The summed E-state index contributed by atoms with van der Waals surface area (Å²) in [7, 11) is 0. The number of hydrogen-bond acceptors (Lipinski definition) is 9. The molecule has 1 aliphatic carbocycles. The second kappa shape index (κ2) is 11.1. The smallest absolute Gasteiger partial charge is 0.472 e. The predicted molar refractivity (Wildman–Crippen MR) is 108 cm³/mol. The number of alkyl halides is 3. The van der Waals surface area contributed by atoms with Gasteiger partial charge in [-0.05, 0) is 63.1 Å². The van der Waals surface area contributed by atoms with Gasteiger partial charge in [0.2, 0.25) is 12.5 Å². The maximum Gasteiger partial charge on any atom is 0.573 e. The second-order valence-electron chi connectivity index (χ2n) is 7.81. The Bertz CT molecular complexity index is 955. The molecule has 34 heavy (non-hydrogen) atoms. The fourth-order valence-electron chi connectivity index (χ4n) is 3.48. The maximum atomic E-state index is 12.3. The molecular weight excluding hydrogens is 463 g/mol. The number of nitrogens with zero attached hydrogens (tertiary/aromatic N) is 2. The van der Waals surface area contributed by atoms with Gasteiger partial charge in [-0.15, -0.1) is 13.2 Å². The molecule has 1 aromatic heterocycles. The van der Waals surface area contributed by atoms with Gasteiger partial charge in [0.25, 0.3) is 5.88 Å². The van der Waals surface area contributed by atoms with E-state index in [0.29, 0.717) is 12.8 Å². The molecule has 0 aliphatic heterocycles. The number of esters is 1. The van der Waals surface area contributed by atoms with E-state index < -0.39 is 25.3 Å². The molecule has 10 nitrogen and oxygen atoms in total. The van der Waals surface area contributed by atoms with Crippen LogP contribution >= 0.6 is 0 Å². The fourth-order valence-corrected chi connectivity index (χ4v) is 3.48. The highest BCUT2D eigenvalue weighted by molar-refractivity contribution is 5.89. The summed E-state index contributed by atoms with van der Waals surface area (Å²) in [5.74, 6) is -1.01. The number of rotatable bonds is 8. The van der Waals surface area contributed by atoms with Gasteiger partial charge >= 0.3 is 18.5 Å². The number of carbonyl (C=O) groups excluding carboxylic acids is 2. The number of hydrogen-bond donors (Lipinski definition) is 1. The number of halogens is 3. The minimum absolute atomic E-state index is 0.0353. The van der Waals surface area contributed by atoms with E-state index in [1.165, 1.54) is 12.1 Å². The van der Waals surface area contributed by atoms with E-state index >= 15 is 0 Å². The van der Waals surface area contributed by atoms with Gasteiger partial charge in [0.05, 0.1) is 6.10 Å². The number of ether oxygens (including phenoxy) is 5. The van der Waals surface area contributed by atoms with Gasteiger partial charge in [-0.25, -0.2) is 14.7 Å². The molecule has 13 heteroatoms. The Labute approximate surface area is 192 Å². The maximum absolute atomic E-state index is 12.3. The molecule has 1 aliphatic rings. The quantitative estimate of drug-likeness (QED) is 0.424. The summed E-state index contributed by atoms with van der Waals surface area (Å²) in [5.41, 5.74) is 0.790. The van der Waals surface area contributed by atoms with Crippen molar-refractivity contribution in [1.82, 2.24) is 15.4 Å². The highest BCUT2D eigenvalue weighted by Gasteiger charge is 2.31. The number of benzene rings is 1. The molecule has 0 spiro atoms. The average molecular weight is 487 g/mol. The van der Waals surface area contributed by atoms with Crippen LogP contribution in [0.5, 0.6) is 11.6 Å². The third-order valence-electron chi connectivity index (χ3n) is 4.96. The summed E-state index contributed by atoms with van der Waals surface area (Å²) >= 11 is 0. The van der Waals surface area contributed by atoms with Crippen molar-refractivity contribution in [2.45, 2.75) is 64.0 Å². The SMILES string of the molecule is CC(C)OC(=O)OCOC(=O)c1[nH]nnc1O[C@H]1CC[C@H](c2ccc(OC(F)(F)F)cc2)CC1. The first kappa shape index (κ1) is 25.1. The summed E-state index contributed by atoms with van der Waals surface area (Å²) in [5, 5.41) is 9.72. The van der Waals surface area contributed by atoms with E-state index in [0.717, 1.165) is 18.4 Å². The Morgan fingerprint density at radius 3 is 2.38 bits per heavy atom. The van der Waals surface area contributed by atoms with Gasteiger partial charge in [0.1, 0.15) is 11.9 Å². The zero-order chi connectivity index (χ0) is 24.7. The number of H-pyrrole nitrogens is 1. The minimum Gasteiger partial charge on any atom is -0.472 e. The summed E-state index contributed by atoms with van der Waals surface area (Å²) in [6.45, 7) is 2.63. The lowest BCUT2D eigenvalue weighted by molar-refractivity contribution is -0.274. The Balaban J connectivity index is 1.46. The lowest BCUT2D eigenvalue weighted by Gasteiger charge is -2.28. The molecule has 0 unspecified atom stereocenters. The van der Waals surface area contributed by atoms with Gasteiger partial charge in [0, 0.05) is 0 Å². The van der Waals surface area contributed by atoms with Crippen LogP contribution in [0.1, 0.15) is 61.5 Å². The van der Waals surface area contributed by atoms with Gasteiger partial charge in [0.15, 0.2) is 0 Å². The van der Waals surface area contributed by atoms with E-state index in [9.17, 15) is 22.8 Å². The molecule has 2 aromatic rings. The van der Waals surface area contributed by atoms with Gasteiger partial charge in [-0.1, -0.05) is 22.4 Å². The van der Waals surface area contributed by atoms with E-state index in [4.69, 9.17) is 14.2 Å². The highest BCUT2D eigenvalue weighted by Crippen LogP contribution is 2.35. The van der Waals surface area contributed by atoms with Gasteiger partial charge < -0.3 is 23.7 Å².